The van der Waals surface area contributed by atoms with Crippen LogP contribution in [0.15, 0.2) is 23.4 Å². The Kier molecular flexibility index (Phi) is 3.27. The van der Waals surface area contributed by atoms with Crippen LogP contribution >= 0.6 is 11.6 Å². The Morgan fingerprint density at radius 3 is 2.61 bits per heavy atom. The molecule has 1 aromatic heterocycles. The lowest BCUT2D eigenvalue weighted by molar-refractivity contribution is 0.600. The lowest BCUT2D eigenvalue weighted by Gasteiger charge is -2.10. The number of halogens is 1. The van der Waals surface area contributed by atoms with E-state index >= 15 is 0 Å². The van der Waals surface area contributed by atoms with Crippen molar-refractivity contribution in [2.24, 2.45) is 0 Å². The first-order valence-corrected chi connectivity index (χ1v) is 6.91. The van der Waals surface area contributed by atoms with Gasteiger partial charge in [-0.1, -0.05) is 11.6 Å². The van der Waals surface area contributed by atoms with Gasteiger partial charge in [-0.15, -0.1) is 0 Å². The third kappa shape index (κ3) is 2.46. The number of rotatable bonds is 3. The number of benzene rings is 1. The van der Waals surface area contributed by atoms with Crippen molar-refractivity contribution < 1.29 is 8.42 Å². The van der Waals surface area contributed by atoms with Crippen LogP contribution in [0, 0.1) is 13.8 Å². The van der Waals surface area contributed by atoms with Gasteiger partial charge in [0, 0.05) is 5.02 Å². The van der Waals surface area contributed by atoms with Crippen molar-refractivity contribution >= 4 is 27.6 Å². The van der Waals surface area contributed by atoms with E-state index in [0.29, 0.717) is 16.1 Å². The lowest BCUT2D eigenvalue weighted by Crippen LogP contribution is -2.15. The van der Waals surface area contributed by atoms with E-state index in [2.05, 4.69) is 19.9 Å². The molecule has 2 rings (SSSR count). The zero-order valence-electron chi connectivity index (χ0n) is 9.73. The summed E-state index contributed by atoms with van der Waals surface area (Å²) in [6, 6.07) is 3.14. The van der Waals surface area contributed by atoms with Gasteiger partial charge in [0.25, 0.3) is 10.0 Å². The van der Waals surface area contributed by atoms with E-state index in [1.807, 2.05) is 0 Å². The summed E-state index contributed by atoms with van der Waals surface area (Å²) in [5.74, 6) is 0.0713. The molecule has 0 aliphatic heterocycles. The Balaban J connectivity index is 2.44. The zero-order chi connectivity index (χ0) is 13.3. The molecule has 0 amide bonds. The largest absolute Gasteiger partial charge is 0.264 e. The third-order valence-corrected chi connectivity index (χ3v) is 4.28. The maximum atomic E-state index is 12.1. The van der Waals surface area contributed by atoms with E-state index in [9.17, 15) is 8.42 Å². The van der Waals surface area contributed by atoms with E-state index < -0.39 is 10.0 Å². The molecule has 6 nitrogen and oxygen atoms in total. The molecule has 0 fully saturated rings. The molecule has 0 aliphatic carbocycles. The second-order valence-electron chi connectivity index (χ2n) is 3.81. The number of hydrogen-bond acceptors (Lipinski definition) is 4. The fourth-order valence-electron chi connectivity index (χ4n) is 1.48. The summed E-state index contributed by atoms with van der Waals surface area (Å²) >= 11 is 5.94. The number of nitrogens with zero attached hydrogens (tertiary/aromatic N) is 2. The molecule has 2 N–H and O–H groups in total. The first-order chi connectivity index (χ1) is 8.40. The van der Waals surface area contributed by atoms with Gasteiger partial charge in [-0.05, 0) is 37.1 Å². The standard InChI is InChI=1S/C10H11ClN4O2S/c1-6-4-9(7(2)3-8(6)11)18(16,17)15-10-12-5-13-14-10/h3-5H,1-2H3,(H2,12,13,14,15). The first kappa shape index (κ1) is 12.8. The maximum absolute atomic E-state index is 12.1. The molecule has 18 heavy (non-hydrogen) atoms. The quantitative estimate of drug-likeness (QED) is 0.902. The van der Waals surface area contributed by atoms with Crippen LogP contribution in [0.25, 0.3) is 0 Å². The minimum atomic E-state index is -3.70. The van der Waals surface area contributed by atoms with Crippen molar-refractivity contribution in [1.29, 1.82) is 0 Å². The molecule has 8 heteroatoms. The lowest BCUT2D eigenvalue weighted by atomic mass is 10.2. The van der Waals surface area contributed by atoms with Gasteiger partial charge < -0.3 is 0 Å². The summed E-state index contributed by atoms with van der Waals surface area (Å²) in [7, 11) is -3.70. The summed E-state index contributed by atoms with van der Waals surface area (Å²) in [5.41, 5.74) is 1.26. The highest BCUT2D eigenvalue weighted by Crippen LogP contribution is 2.24. The van der Waals surface area contributed by atoms with E-state index in [-0.39, 0.29) is 10.8 Å². The van der Waals surface area contributed by atoms with Crippen LogP contribution in [-0.2, 0) is 10.0 Å². The Morgan fingerprint density at radius 2 is 2.00 bits per heavy atom. The van der Waals surface area contributed by atoms with Crippen molar-refractivity contribution in [3.05, 3.63) is 34.6 Å². The highest BCUT2D eigenvalue weighted by Gasteiger charge is 2.19. The molecular formula is C10H11ClN4O2S. The number of aromatic amines is 1. The predicted molar refractivity (Wildman–Crippen MR) is 68.1 cm³/mol. The molecule has 96 valence electrons. The van der Waals surface area contributed by atoms with Crippen molar-refractivity contribution in [3.8, 4) is 0 Å². The Morgan fingerprint density at radius 1 is 1.28 bits per heavy atom. The monoisotopic (exact) mass is 286 g/mol. The van der Waals surface area contributed by atoms with Crippen LogP contribution in [0.5, 0.6) is 0 Å². The maximum Gasteiger partial charge on any atom is 0.264 e. The molecule has 0 bridgehead atoms. The minimum absolute atomic E-state index is 0.0713. The minimum Gasteiger partial charge on any atom is -0.248 e. The fraction of sp³-hybridized carbons (Fsp3) is 0.200. The van der Waals surface area contributed by atoms with Gasteiger partial charge in [0.2, 0.25) is 5.95 Å². The van der Waals surface area contributed by atoms with Gasteiger partial charge in [-0.3, -0.25) is 0 Å². The number of H-pyrrole nitrogens is 1. The van der Waals surface area contributed by atoms with Gasteiger partial charge in [0.1, 0.15) is 6.33 Å². The molecule has 0 radical (unpaired) electrons. The van der Waals surface area contributed by atoms with E-state index in [1.54, 1.807) is 19.9 Å². The second-order valence-corrected chi connectivity index (χ2v) is 5.86. The molecule has 1 aromatic carbocycles. The number of nitrogens with one attached hydrogen (secondary N) is 2. The molecule has 2 aromatic rings. The van der Waals surface area contributed by atoms with Gasteiger partial charge in [-0.25, -0.2) is 18.2 Å². The molecule has 0 aliphatic rings. The van der Waals surface area contributed by atoms with Crippen LogP contribution in [0.2, 0.25) is 5.02 Å². The SMILES string of the molecule is Cc1cc(S(=O)(=O)Nc2ncn[nH]2)c(C)cc1Cl. The van der Waals surface area contributed by atoms with Crippen LogP contribution < -0.4 is 4.72 Å². The van der Waals surface area contributed by atoms with Crippen molar-refractivity contribution in [2.45, 2.75) is 18.7 Å². The molecule has 0 unspecified atom stereocenters. The van der Waals surface area contributed by atoms with Crippen LogP contribution in [0.1, 0.15) is 11.1 Å². The third-order valence-electron chi connectivity index (χ3n) is 2.39. The highest BCUT2D eigenvalue weighted by atomic mass is 35.5. The molecule has 0 spiro atoms. The number of sulfonamides is 1. The van der Waals surface area contributed by atoms with Gasteiger partial charge >= 0.3 is 0 Å². The smallest absolute Gasteiger partial charge is 0.248 e. The van der Waals surface area contributed by atoms with E-state index in [0.717, 1.165) is 0 Å². The van der Waals surface area contributed by atoms with Crippen molar-refractivity contribution in [2.75, 3.05) is 4.72 Å². The van der Waals surface area contributed by atoms with Gasteiger partial charge in [0.15, 0.2) is 0 Å². The fourth-order valence-corrected chi connectivity index (χ4v) is 2.98. The Bertz CT molecular complexity index is 667. The molecule has 0 saturated heterocycles. The molecule has 0 saturated carbocycles. The van der Waals surface area contributed by atoms with Crippen LogP contribution in [0.4, 0.5) is 5.95 Å². The summed E-state index contributed by atoms with van der Waals surface area (Å²) in [4.78, 5) is 3.88. The zero-order valence-corrected chi connectivity index (χ0v) is 11.3. The number of anilines is 1. The number of hydrogen-bond donors (Lipinski definition) is 2. The second kappa shape index (κ2) is 4.58. The highest BCUT2D eigenvalue weighted by molar-refractivity contribution is 7.92. The molecule has 0 atom stereocenters. The van der Waals surface area contributed by atoms with Gasteiger partial charge in [0.05, 0.1) is 4.90 Å². The number of aromatic nitrogens is 3. The normalized spacial score (nSPS) is 11.5. The molecule has 1 heterocycles. The number of aryl methyl sites for hydroxylation is 2. The summed E-state index contributed by atoms with van der Waals surface area (Å²) < 4.78 is 26.6. The van der Waals surface area contributed by atoms with Crippen molar-refractivity contribution in [1.82, 2.24) is 15.2 Å². The molecular weight excluding hydrogens is 276 g/mol. The van der Waals surface area contributed by atoms with Crippen LogP contribution in [-0.4, -0.2) is 23.6 Å². The predicted octanol–water partition coefficient (Wildman–Crippen LogP) is 1.88. The van der Waals surface area contributed by atoms with Crippen molar-refractivity contribution in [3.63, 3.8) is 0 Å². The Labute approximate surface area is 109 Å². The average Bonchev–Trinajstić information content (AvgIpc) is 2.75. The summed E-state index contributed by atoms with van der Waals surface area (Å²) in [6.07, 6.45) is 1.22. The summed E-state index contributed by atoms with van der Waals surface area (Å²) in [5, 5.41) is 6.53. The summed E-state index contributed by atoms with van der Waals surface area (Å²) in [6.45, 7) is 3.43. The Hall–Kier alpha value is -1.60. The van der Waals surface area contributed by atoms with Gasteiger partial charge in [-0.2, -0.15) is 10.1 Å². The topological polar surface area (TPSA) is 87.7 Å². The van der Waals surface area contributed by atoms with E-state index in [4.69, 9.17) is 11.6 Å². The average molecular weight is 287 g/mol. The van der Waals surface area contributed by atoms with E-state index in [1.165, 1.54) is 12.4 Å². The first-order valence-electron chi connectivity index (χ1n) is 5.05. The van der Waals surface area contributed by atoms with Crippen LogP contribution in [0.3, 0.4) is 0 Å².